The van der Waals surface area contributed by atoms with Crippen LogP contribution in [0.5, 0.6) is 0 Å². The van der Waals surface area contributed by atoms with Crippen LogP contribution in [0, 0.1) is 11.7 Å². The first kappa shape index (κ1) is 15.5. The number of hydrogen-bond donors (Lipinski definition) is 1. The normalized spacial score (nSPS) is 11.7. The summed E-state index contributed by atoms with van der Waals surface area (Å²) in [5, 5.41) is 2.36. The Bertz CT molecular complexity index is 454. The van der Waals surface area contributed by atoms with Crippen LogP contribution in [0.1, 0.15) is 36.2 Å². The molecule has 1 N–H and O–H groups in total. The summed E-state index contributed by atoms with van der Waals surface area (Å²) in [6, 6.07) is 1.87. The van der Waals surface area contributed by atoms with E-state index in [2.05, 4.69) is 5.32 Å². The summed E-state index contributed by atoms with van der Waals surface area (Å²) in [6.45, 7) is 4.11. The molecule has 106 valence electrons. The Morgan fingerprint density at radius 2 is 1.95 bits per heavy atom. The first-order chi connectivity index (χ1) is 8.71. The van der Waals surface area contributed by atoms with Crippen molar-refractivity contribution < 1.29 is 22.4 Å². The smallest absolute Gasteiger partial charge is 0.352 e. The quantitative estimate of drug-likeness (QED) is 0.837. The van der Waals surface area contributed by atoms with Crippen molar-refractivity contribution in [3.63, 3.8) is 0 Å². The SMILES string of the molecule is CC(C)CCNC(=O)c1cc(F)ccc1C(F)(F)F. The van der Waals surface area contributed by atoms with Gasteiger partial charge in [-0.15, -0.1) is 0 Å². The molecular formula is C13H15F4NO. The summed E-state index contributed by atoms with van der Waals surface area (Å²) in [5.74, 6) is -1.47. The molecule has 0 atom stereocenters. The molecule has 6 heteroatoms. The zero-order valence-corrected chi connectivity index (χ0v) is 10.6. The molecule has 2 nitrogen and oxygen atoms in total. The molecule has 0 aliphatic heterocycles. The van der Waals surface area contributed by atoms with Gasteiger partial charge in [0.1, 0.15) is 5.82 Å². The molecule has 0 aliphatic carbocycles. The van der Waals surface area contributed by atoms with Crippen LogP contribution < -0.4 is 5.32 Å². The minimum atomic E-state index is -4.68. The third kappa shape index (κ3) is 4.54. The molecule has 0 saturated heterocycles. The molecule has 19 heavy (non-hydrogen) atoms. The predicted octanol–water partition coefficient (Wildman–Crippen LogP) is 3.62. The van der Waals surface area contributed by atoms with Crippen molar-refractivity contribution in [2.45, 2.75) is 26.4 Å². The van der Waals surface area contributed by atoms with Gasteiger partial charge in [-0.25, -0.2) is 4.39 Å². The van der Waals surface area contributed by atoms with E-state index in [-0.39, 0.29) is 6.54 Å². The van der Waals surface area contributed by atoms with E-state index in [0.717, 1.165) is 0 Å². The standard InChI is InChI=1S/C13H15F4NO/c1-8(2)5-6-18-12(19)10-7-9(14)3-4-11(10)13(15,16)17/h3-4,7-8H,5-6H2,1-2H3,(H,18,19). The molecule has 0 spiro atoms. The minimum absolute atomic E-state index is 0.254. The van der Waals surface area contributed by atoms with Crippen LogP contribution in [0.25, 0.3) is 0 Å². The number of carbonyl (C=O) groups excluding carboxylic acids is 1. The van der Waals surface area contributed by atoms with Crippen molar-refractivity contribution in [2.75, 3.05) is 6.54 Å². The maximum Gasteiger partial charge on any atom is 0.417 e. The van der Waals surface area contributed by atoms with E-state index in [1.807, 2.05) is 13.8 Å². The van der Waals surface area contributed by atoms with Gasteiger partial charge in [-0.3, -0.25) is 4.79 Å². The second-order valence-corrected chi connectivity index (χ2v) is 4.63. The molecule has 0 bridgehead atoms. The Morgan fingerprint density at radius 1 is 1.32 bits per heavy atom. The largest absolute Gasteiger partial charge is 0.417 e. The molecule has 1 aromatic rings. The fourth-order valence-corrected chi connectivity index (χ4v) is 1.52. The lowest BCUT2D eigenvalue weighted by Crippen LogP contribution is -2.28. The van der Waals surface area contributed by atoms with E-state index >= 15 is 0 Å². The van der Waals surface area contributed by atoms with Crippen LogP contribution in [-0.4, -0.2) is 12.5 Å². The Labute approximate surface area is 108 Å². The van der Waals surface area contributed by atoms with Crippen LogP contribution in [0.2, 0.25) is 0 Å². The molecule has 0 heterocycles. The fraction of sp³-hybridized carbons (Fsp3) is 0.462. The summed E-state index contributed by atoms with van der Waals surface area (Å²) in [4.78, 5) is 11.7. The average Bonchev–Trinajstić information content (AvgIpc) is 2.26. The van der Waals surface area contributed by atoms with Gasteiger partial charge in [0.05, 0.1) is 11.1 Å². The molecule has 1 aromatic carbocycles. The van der Waals surface area contributed by atoms with E-state index in [1.165, 1.54) is 0 Å². The molecule has 0 saturated carbocycles. The highest BCUT2D eigenvalue weighted by Crippen LogP contribution is 2.32. The van der Waals surface area contributed by atoms with E-state index < -0.39 is 29.0 Å². The highest BCUT2D eigenvalue weighted by Gasteiger charge is 2.35. The summed E-state index contributed by atoms with van der Waals surface area (Å²) in [7, 11) is 0. The zero-order valence-electron chi connectivity index (χ0n) is 10.6. The maximum absolute atomic E-state index is 13.0. The third-order valence-electron chi connectivity index (χ3n) is 2.54. The van der Waals surface area contributed by atoms with Gasteiger partial charge in [-0.2, -0.15) is 13.2 Å². The molecule has 1 rings (SSSR count). The van der Waals surface area contributed by atoms with Crippen molar-refractivity contribution in [1.82, 2.24) is 5.32 Å². The van der Waals surface area contributed by atoms with Crippen molar-refractivity contribution >= 4 is 5.91 Å². The van der Waals surface area contributed by atoms with Crippen molar-refractivity contribution in [3.8, 4) is 0 Å². The number of carbonyl (C=O) groups is 1. The number of benzene rings is 1. The van der Waals surface area contributed by atoms with Crippen LogP contribution in [0.4, 0.5) is 17.6 Å². The first-order valence-corrected chi connectivity index (χ1v) is 5.86. The van der Waals surface area contributed by atoms with Gasteiger partial charge < -0.3 is 5.32 Å². The van der Waals surface area contributed by atoms with Crippen LogP contribution >= 0.6 is 0 Å². The van der Waals surface area contributed by atoms with Gasteiger partial charge in [-0.05, 0) is 30.5 Å². The minimum Gasteiger partial charge on any atom is -0.352 e. The Balaban J connectivity index is 2.92. The van der Waals surface area contributed by atoms with Gasteiger partial charge >= 0.3 is 6.18 Å². The highest BCUT2D eigenvalue weighted by atomic mass is 19.4. The van der Waals surface area contributed by atoms with Crippen molar-refractivity contribution in [2.24, 2.45) is 5.92 Å². The molecule has 0 radical (unpaired) electrons. The number of amides is 1. The predicted molar refractivity (Wildman–Crippen MR) is 63.2 cm³/mol. The molecular weight excluding hydrogens is 262 g/mol. The lowest BCUT2D eigenvalue weighted by Gasteiger charge is -2.13. The zero-order chi connectivity index (χ0) is 14.6. The number of alkyl halides is 3. The average molecular weight is 277 g/mol. The van der Waals surface area contributed by atoms with Gasteiger partial charge in [0.15, 0.2) is 0 Å². The lowest BCUT2D eigenvalue weighted by molar-refractivity contribution is -0.138. The van der Waals surface area contributed by atoms with Crippen LogP contribution in [0.3, 0.4) is 0 Å². The molecule has 1 amide bonds. The van der Waals surface area contributed by atoms with Crippen molar-refractivity contribution in [3.05, 3.63) is 35.1 Å². The Hall–Kier alpha value is -1.59. The maximum atomic E-state index is 13.0. The number of halogens is 4. The number of rotatable bonds is 4. The topological polar surface area (TPSA) is 29.1 Å². The van der Waals surface area contributed by atoms with Crippen LogP contribution in [0.15, 0.2) is 18.2 Å². The monoisotopic (exact) mass is 277 g/mol. The number of hydrogen-bond acceptors (Lipinski definition) is 1. The van der Waals surface area contributed by atoms with E-state index in [1.54, 1.807) is 0 Å². The van der Waals surface area contributed by atoms with Gasteiger partial charge in [0.25, 0.3) is 5.91 Å². The second-order valence-electron chi connectivity index (χ2n) is 4.63. The highest BCUT2D eigenvalue weighted by molar-refractivity contribution is 5.95. The molecule has 0 aliphatic rings. The second kappa shape index (κ2) is 6.04. The summed E-state index contributed by atoms with van der Waals surface area (Å²) >= 11 is 0. The van der Waals surface area contributed by atoms with E-state index in [0.29, 0.717) is 30.5 Å². The van der Waals surface area contributed by atoms with Gasteiger partial charge in [0, 0.05) is 6.54 Å². The fourth-order valence-electron chi connectivity index (χ4n) is 1.52. The van der Waals surface area contributed by atoms with Gasteiger partial charge in [0.2, 0.25) is 0 Å². The molecule has 0 fully saturated rings. The Morgan fingerprint density at radius 3 is 2.47 bits per heavy atom. The van der Waals surface area contributed by atoms with Crippen molar-refractivity contribution in [1.29, 1.82) is 0 Å². The Kier molecular flexibility index (Phi) is 4.91. The van der Waals surface area contributed by atoms with E-state index in [4.69, 9.17) is 0 Å². The summed E-state index contributed by atoms with van der Waals surface area (Å²) in [6.07, 6.45) is -4.04. The third-order valence-corrected chi connectivity index (χ3v) is 2.54. The lowest BCUT2D eigenvalue weighted by atomic mass is 10.1. The van der Waals surface area contributed by atoms with Gasteiger partial charge in [-0.1, -0.05) is 13.8 Å². The van der Waals surface area contributed by atoms with E-state index in [9.17, 15) is 22.4 Å². The first-order valence-electron chi connectivity index (χ1n) is 5.86. The molecule has 0 unspecified atom stereocenters. The summed E-state index contributed by atoms with van der Waals surface area (Å²) < 4.78 is 51.1. The number of nitrogens with one attached hydrogen (secondary N) is 1. The molecule has 0 aromatic heterocycles. The summed E-state index contributed by atoms with van der Waals surface area (Å²) in [5.41, 5.74) is -1.81. The van der Waals surface area contributed by atoms with Crippen LogP contribution in [-0.2, 0) is 6.18 Å².